The summed E-state index contributed by atoms with van der Waals surface area (Å²) < 4.78 is 40.1. The molecule has 6 heteroatoms. The van der Waals surface area contributed by atoms with E-state index in [9.17, 15) is 13.2 Å². The van der Waals surface area contributed by atoms with E-state index in [1.807, 2.05) is 19.9 Å². The van der Waals surface area contributed by atoms with Crippen molar-refractivity contribution < 1.29 is 13.2 Å². The molecule has 0 aromatic carbocycles. The van der Waals surface area contributed by atoms with E-state index in [0.29, 0.717) is 12.1 Å². The van der Waals surface area contributed by atoms with Crippen LogP contribution in [-0.4, -0.2) is 14.8 Å². The van der Waals surface area contributed by atoms with E-state index in [2.05, 4.69) is 10.1 Å². The molecule has 0 saturated heterocycles. The second-order valence-electron chi connectivity index (χ2n) is 4.60. The lowest BCUT2D eigenvalue weighted by Gasteiger charge is -2.11. The average molecular weight is 283 g/mol. The van der Waals surface area contributed by atoms with Gasteiger partial charge < -0.3 is 0 Å². The van der Waals surface area contributed by atoms with Gasteiger partial charge in [-0.1, -0.05) is 13.8 Å². The Hall–Kier alpha value is -1.85. The monoisotopic (exact) mass is 283 g/mol. The predicted octanol–water partition coefficient (Wildman–Crippen LogP) is 3.72. The van der Waals surface area contributed by atoms with Gasteiger partial charge in [0.15, 0.2) is 5.82 Å². The lowest BCUT2D eigenvalue weighted by molar-refractivity contribution is -0.137. The molecule has 0 fully saturated rings. The molecule has 0 spiro atoms. The Morgan fingerprint density at radius 3 is 2.35 bits per heavy atom. The first-order chi connectivity index (χ1) is 9.35. The standard InChI is InChI=1S/C14H16F3N3/c1-4-11-8-12(5-2)20(19-11)13-7-10(14(15,16)17)6-9(3)18-13/h6-8H,4-5H2,1-3H3. The molecule has 0 aliphatic carbocycles. The second kappa shape index (κ2) is 5.26. The molecule has 0 radical (unpaired) electrons. The van der Waals surface area contributed by atoms with Gasteiger partial charge in [0.2, 0.25) is 0 Å². The number of aryl methyl sites for hydroxylation is 3. The van der Waals surface area contributed by atoms with E-state index in [1.165, 1.54) is 4.68 Å². The van der Waals surface area contributed by atoms with Crippen LogP contribution in [0.4, 0.5) is 13.2 Å². The molecule has 20 heavy (non-hydrogen) atoms. The molecule has 2 aromatic heterocycles. The Morgan fingerprint density at radius 1 is 1.10 bits per heavy atom. The van der Waals surface area contributed by atoms with Crippen molar-refractivity contribution in [3.63, 3.8) is 0 Å². The van der Waals surface area contributed by atoms with Gasteiger partial charge in [-0.15, -0.1) is 0 Å². The lowest BCUT2D eigenvalue weighted by Crippen LogP contribution is -2.11. The van der Waals surface area contributed by atoms with Crippen LogP contribution in [0.5, 0.6) is 0 Å². The maximum Gasteiger partial charge on any atom is 0.416 e. The molecule has 0 aliphatic heterocycles. The van der Waals surface area contributed by atoms with Crippen LogP contribution >= 0.6 is 0 Å². The molecule has 2 rings (SSSR count). The van der Waals surface area contributed by atoms with Gasteiger partial charge >= 0.3 is 6.18 Å². The average Bonchev–Trinajstić information content (AvgIpc) is 2.80. The van der Waals surface area contributed by atoms with Crippen molar-refractivity contribution in [2.45, 2.75) is 39.8 Å². The molecular formula is C14H16F3N3. The number of nitrogens with zero attached hydrogens (tertiary/aromatic N) is 3. The number of halogens is 3. The number of hydrogen-bond donors (Lipinski definition) is 0. The highest BCUT2D eigenvalue weighted by Crippen LogP contribution is 2.30. The van der Waals surface area contributed by atoms with Crippen LogP contribution in [0.3, 0.4) is 0 Å². The minimum absolute atomic E-state index is 0.217. The third-order valence-corrected chi connectivity index (χ3v) is 3.04. The molecule has 0 N–H and O–H groups in total. The molecule has 0 aliphatic rings. The highest BCUT2D eigenvalue weighted by Gasteiger charge is 2.31. The van der Waals surface area contributed by atoms with Crippen LogP contribution in [0.25, 0.3) is 5.82 Å². The van der Waals surface area contributed by atoms with Crippen molar-refractivity contribution in [2.75, 3.05) is 0 Å². The van der Waals surface area contributed by atoms with E-state index in [4.69, 9.17) is 0 Å². The predicted molar refractivity (Wildman–Crippen MR) is 69.9 cm³/mol. The molecular weight excluding hydrogens is 267 g/mol. The van der Waals surface area contributed by atoms with Gasteiger partial charge in [-0.05, 0) is 38.0 Å². The molecule has 2 aromatic rings. The minimum Gasteiger partial charge on any atom is -0.234 e. The van der Waals surface area contributed by atoms with Crippen LogP contribution in [0.2, 0.25) is 0 Å². The van der Waals surface area contributed by atoms with Crippen LogP contribution in [-0.2, 0) is 19.0 Å². The van der Waals surface area contributed by atoms with Gasteiger partial charge in [-0.3, -0.25) is 0 Å². The van der Waals surface area contributed by atoms with Crippen LogP contribution in [0, 0.1) is 6.92 Å². The molecule has 0 bridgehead atoms. The number of aromatic nitrogens is 3. The van der Waals surface area contributed by atoms with Crippen molar-refractivity contribution in [2.24, 2.45) is 0 Å². The summed E-state index contributed by atoms with van der Waals surface area (Å²) in [4.78, 5) is 4.17. The van der Waals surface area contributed by atoms with Gasteiger partial charge in [0.05, 0.1) is 11.3 Å². The van der Waals surface area contributed by atoms with Crippen molar-refractivity contribution in [1.29, 1.82) is 0 Å². The summed E-state index contributed by atoms with van der Waals surface area (Å²) in [6.07, 6.45) is -2.96. The topological polar surface area (TPSA) is 30.7 Å². The molecule has 2 heterocycles. The number of pyridine rings is 1. The van der Waals surface area contributed by atoms with Crippen molar-refractivity contribution >= 4 is 0 Å². The van der Waals surface area contributed by atoms with E-state index in [1.54, 1.807) is 6.92 Å². The summed E-state index contributed by atoms with van der Waals surface area (Å²) in [7, 11) is 0. The second-order valence-corrected chi connectivity index (χ2v) is 4.60. The van der Waals surface area contributed by atoms with Crippen molar-refractivity contribution in [1.82, 2.24) is 14.8 Å². The number of alkyl halides is 3. The Morgan fingerprint density at radius 2 is 1.80 bits per heavy atom. The zero-order valence-electron chi connectivity index (χ0n) is 11.6. The molecule has 0 saturated carbocycles. The maximum absolute atomic E-state index is 12.9. The first-order valence-corrected chi connectivity index (χ1v) is 6.49. The third kappa shape index (κ3) is 2.84. The van der Waals surface area contributed by atoms with E-state index < -0.39 is 11.7 Å². The summed E-state index contributed by atoms with van der Waals surface area (Å²) in [5.41, 5.74) is 1.33. The largest absolute Gasteiger partial charge is 0.416 e. The molecule has 0 atom stereocenters. The fraction of sp³-hybridized carbons (Fsp3) is 0.429. The Kier molecular flexibility index (Phi) is 3.83. The number of hydrogen-bond acceptors (Lipinski definition) is 2. The fourth-order valence-corrected chi connectivity index (χ4v) is 2.02. The first kappa shape index (κ1) is 14.6. The summed E-state index contributed by atoms with van der Waals surface area (Å²) in [6, 6.07) is 3.98. The highest BCUT2D eigenvalue weighted by molar-refractivity contribution is 5.34. The zero-order chi connectivity index (χ0) is 14.9. The minimum atomic E-state index is -4.38. The maximum atomic E-state index is 12.9. The highest BCUT2D eigenvalue weighted by atomic mass is 19.4. The van der Waals surface area contributed by atoms with E-state index in [0.717, 1.165) is 29.9 Å². The van der Waals surface area contributed by atoms with Gasteiger partial charge in [0.25, 0.3) is 0 Å². The summed E-state index contributed by atoms with van der Waals surface area (Å²) in [6.45, 7) is 5.44. The Bertz CT molecular complexity index is 615. The van der Waals surface area contributed by atoms with Gasteiger partial charge in [-0.25, -0.2) is 9.67 Å². The smallest absolute Gasteiger partial charge is 0.234 e. The molecule has 0 amide bonds. The number of rotatable bonds is 3. The Balaban J connectivity index is 2.58. The first-order valence-electron chi connectivity index (χ1n) is 6.49. The van der Waals surface area contributed by atoms with Gasteiger partial charge in [-0.2, -0.15) is 18.3 Å². The Labute approximate surface area is 115 Å². The quantitative estimate of drug-likeness (QED) is 0.859. The van der Waals surface area contributed by atoms with Crippen molar-refractivity contribution in [3.05, 3.63) is 40.8 Å². The molecule has 3 nitrogen and oxygen atoms in total. The lowest BCUT2D eigenvalue weighted by atomic mass is 10.2. The zero-order valence-corrected chi connectivity index (χ0v) is 11.6. The fourth-order valence-electron chi connectivity index (χ4n) is 2.02. The normalized spacial score (nSPS) is 11.9. The van der Waals surface area contributed by atoms with E-state index in [-0.39, 0.29) is 5.82 Å². The van der Waals surface area contributed by atoms with Crippen LogP contribution in [0.15, 0.2) is 18.2 Å². The van der Waals surface area contributed by atoms with Crippen LogP contribution < -0.4 is 0 Å². The molecule has 108 valence electrons. The summed E-state index contributed by atoms with van der Waals surface area (Å²) in [5, 5.41) is 4.32. The summed E-state index contributed by atoms with van der Waals surface area (Å²) >= 11 is 0. The van der Waals surface area contributed by atoms with E-state index >= 15 is 0 Å². The third-order valence-electron chi connectivity index (χ3n) is 3.04. The molecule has 0 unspecified atom stereocenters. The summed E-state index contributed by atoms with van der Waals surface area (Å²) in [5.74, 6) is 0.217. The SMILES string of the molecule is CCc1cc(CC)n(-c2cc(C(F)(F)F)cc(C)n2)n1. The van der Waals surface area contributed by atoms with Gasteiger partial charge in [0.1, 0.15) is 0 Å². The van der Waals surface area contributed by atoms with Crippen molar-refractivity contribution in [3.8, 4) is 5.82 Å². The van der Waals surface area contributed by atoms with Gasteiger partial charge in [0, 0.05) is 11.4 Å². The van der Waals surface area contributed by atoms with Crippen LogP contribution in [0.1, 0.15) is 36.5 Å².